The van der Waals surface area contributed by atoms with E-state index in [2.05, 4.69) is 16.7 Å². The first kappa shape index (κ1) is 9.43. The molecule has 0 aromatic carbocycles. The fourth-order valence-electron chi connectivity index (χ4n) is 1.09. The fraction of sp³-hybridized carbons (Fsp3) is 0.800. The van der Waals surface area contributed by atoms with Crippen molar-refractivity contribution in [2.75, 3.05) is 6.54 Å². The molecule has 1 aliphatic carbocycles. The Morgan fingerprint density at radius 3 is 2.75 bits per heavy atom. The molecule has 68 valence electrons. The summed E-state index contributed by atoms with van der Waals surface area (Å²) in [4.78, 5) is 8.38. The number of hydrogen-bond donors (Lipinski definition) is 0. The Labute approximate surface area is 74.8 Å². The van der Waals surface area contributed by atoms with E-state index in [-0.39, 0.29) is 6.04 Å². The van der Waals surface area contributed by atoms with Crippen LogP contribution in [0.15, 0.2) is 9.98 Å². The first-order valence-corrected chi connectivity index (χ1v) is 4.71. The highest BCUT2D eigenvalue weighted by Gasteiger charge is 2.20. The molecule has 0 aromatic rings. The summed E-state index contributed by atoms with van der Waals surface area (Å²) in [6, 6.07) is 0.198. The molecule has 0 radical (unpaired) electrons. The van der Waals surface area contributed by atoms with Gasteiger partial charge in [-0.1, -0.05) is 12.8 Å². The standard InChI is InChI=1S/C10H18N2/c1-8(11-3)9(2)12-7-6-10-4-5-10/h8,10H,3-7H2,1-2H3/b12-9-. The maximum Gasteiger partial charge on any atom is 0.0837 e. The SMILES string of the molecule is C=NC(C)/C(C)=N\CCC1CC1. The molecule has 2 nitrogen and oxygen atoms in total. The van der Waals surface area contributed by atoms with Crippen LogP contribution in [0.2, 0.25) is 0 Å². The van der Waals surface area contributed by atoms with E-state index in [1.54, 1.807) is 0 Å². The molecule has 1 aliphatic rings. The Bertz CT molecular complexity index is 180. The highest BCUT2D eigenvalue weighted by Crippen LogP contribution is 2.32. The number of nitrogens with zero attached hydrogens (tertiary/aromatic N) is 2. The molecule has 1 fully saturated rings. The maximum absolute atomic E-state index is 4.46. The quantitative estimate of drug-likeness (QED) is 0.560. The van der Waals surface area contributed by atoms with Crippen molar-refractivity contribution < 1.29 is 0 Å². The number of aliphatic imine (C=N–C) groups is 2. The first-order valence-electron chi connectivity index (χ1n) is 4.71. The summed E-state index contributed by atoms with van der Waals surface area (Å²) < 4.78 is 0. The average Bonchev–Trinajstić information content (AvgIpc) is 2.86. The average molecular weight is 166 g/mol. The van der Waals surface area contributed by atoms with Crippen molar-refractivity contribution >= 4 is 12.4 Å². The van der Waals surface area contributed by atoms with Gasteiger partial charge in [0.15, 0.2) is 0 Å². The Hall–Kier alpha value is -0.660. The molecule has 2 heteroatoms. The van der Waals surface area contributed by atoms with Gasteiger partial charge in [0.25, 0.3) is 0 Å². The monoisotopic (exact) mass is 166 g/mol. The molecular weight excluding hydrogens is 148 g/mol. The maximum atomic E-state index is 4.46. The molecule has 0 spiro atoms. The van der Waals surface area contributed by atoms with Gasteiger partial charge >= 0.3 is 0 Å². The lowest BCUT2D eigenvalue weighted by Crippen LogP contribution is -2.10. The second-order valence-corrected chi connectivity index (χ2v) is 3.61. The van der Waals surface area contributed by atoms with Crippen molar-refractivity contribution in [3.63, 3.8) is 0 Å². The molecule has 0 heterocycles. The third-order valence-electron chi connectivity index (χ3n) is 2.47. The molecule has 0 aliphatic heterocycles. The summed E-state index contributed by atoms with van der Waals surface area (Å²) in [6.07, 6.45) is 4.11. The van der Waals surface area contributed by atoms with Crippen molar-refractivity contribution in [3.8, 4) is 0 Å². The molecule has 1 atom stereocenters. The number of hydrogen-bond acceptors (Lipinski definition) is 2. The molecule has 1 saturated carbocycles. The highest BCUT2D eigenvalue weighted by molar-refractivity contribution is 5.87. The molecular formula is C10H18N2. The van der Waals surface area contributed by atoms with Gasteiger partial charge in [-0.05, 0) is 32.9 Å². The molecule has 0 saturated heterocycles. The first-order chi connectivity index (χ1) is 5.74. The largest absolute Gasteiger partial charge is 0.292 e. The summed E-state index contributed by atoms with van der Waals surface area (Å²) in [5.74, 6) is 0.980. The van der Waals surface area contributed by atoms with Crippen LogP contribution in [-0.4, -0.2) is 25.0 Å². The van der Waals surface area contributed by atoms with E-state index in [0.717, 1.165) is 18.2 Å². The predicted molar refractivity (Wildman–Crippen MR) is 54.3 cm³/mol. The van der Waals surface area contributed by atoms with Crippen molar-refractivity contribution in [3.05, 3.63) is 0 Å². The van der Waals surface area contributed by atoms with Gasteiger partial charge < -0.3 is 0 Å². The van der Waals surface area contributed by atoms with Crippen LogP contribution in [0.3, 0.4) is 0 Å². The van der Waals surface area contributed by atoms with Crippen LogP contribution in [-0.2, 0) is 0 Å². The molecule has 0 amide bonds. The minimum Gasteiger partial charge on any atom is -0.292 e. The Kier molecular flexibility index (Phi) is 3.45. The Morgan fingerprint density at radius 2 is 2.25 bits per heavy atom. The van der Waals surface area contributed by atoms with Crippen molar-refractivity contribution in [1.82, 2.24) is 0 Å². The molecule has 0 N–H and O–H groups in total. The van der Waals surface area contributed by atoms with Crippen molar-refractivity contribution in [1.29, 1.82) is 0 Å². The smallest absolute Gasteiger partial charge is 0.0837 e. The van der Waals surface area contributed by atoms with Crippen LogP contribution in [0, 0.1) is 5.92 Å². The zero-order valence-corrected chi connectivity index (χ0v) is 8.08. The van der Waals surface area contributed by atoms with Crippen LogP contribution in [0.5, 0.6) is 0 Å². The number of rotatable bonds is 5. The van der Waals surface area contributed by atoms with Crippen molar-refractivity contribution in [2.24, 2.45) is 15.9 Å². The van der Waals surface area contributed by atoms with Gasteiger partial charge in [0.05, 0.1) is 6.04 Å². The summed E-state index contributed by atoms with van der Waals surface area (Å²) in [7, 11) is 0. The van der Waals surface area contributed by atoms with Crippen LogP contribution in [0.25, 0.3) is 0 Å². The van der Waals surface area contributed by atoms with Crippen LogP contribution < -0.4 is 0 Å². The zero-order chi connectivity index (χ0) is 8.97. The van der Waals surface area contributed by atoms with Crippen LogP contribution in [0.4, 0.5) is 0 Å². The zero-order valence-electron chi connectivity index (χ0n) is 8.08. The Morgan fingerprint density at radius 1 is 1.58 bits per heavy atom. The van der Waals surface area contributed by atoms with E-state index in [1.165, 1.54) is 19.3 Å². The summed E-state index contributed by atoms with van der Waals surface area (Å²) in [6.45, 7) is 8.55. The lowest BCUT2D eigenvalue weighted by Gasteiger charge is -2.03. The predicted octanol–water partition coefficient (Wildman–Crippen LogP) is 2.34. The minimum absolute atomic E-state index is 0.198. The Balaban J connectivity index is 2.18. The third kappa shape index (κ3) is 3.16. The lowest BCUT2D eigenvalue weighted by atomic mass is 10.2. The van der Waals surface area contributed by atoms with Crippen LogP contribution in [0.1, 0.15) is 33.1 Å². The second-order valence-electron chi connectivity index (χ2n) is 3.61. The van der Waals surface area contributed by atoms with Gasteiger partial charge in [-0.15, -0.1) is 0 Å². The third-order valence-corrected chi connectivity index (χ3v) is 2.47. The normalized spacial score (nSPS) is 20.7. The van der Waals surface area contributed by atoms with Gasteiger partial charge in [0.2, 0.25) is 0 Å². The van der Waals surface area contributed by atoms with E-state index in [9.17, 15) is 0 Å². The van der Waals surface area contributed by atoms with Gasteiger partial charge in [-0.25, -0.2) is 0 Å². The molecule has 1 unspecified atom stereocenters. The summed E-state index contributed by atoms with van der Waals surface area (Å²) >= 11 is 0. The molecule has 12 heavy (non-hydrogen) atoms. The van der Waals surface area contributed by atoms with E-state index in [1.807, 2.05) is 13.8 Å². The molecule has 1 rings (SSSR count). The second kappa shape index (κ2) is 4.39. The van der Waals surface area contributed by atoms with Crippen molar-refractivity contribution in [2.45, 2.75) is 39.2 Å². The van der Waals surface area contributed by atoms with E-state index >= 15 is 0 Å². The van der Waals surface area contributed by atoms with Crippen LogP contribution >= 0.6 is 0 Å². The van der Waals surface area contributed by atoms with E-state index in [0.29, 0.717) is 0 Å². The summed E-state index contributed by atoms with van der Waals surface area (Å²) in [5.41, 5.74) is 1.12. The van der Waals surface area contributed by atoms with Gasteiger partial charge in [-0.2, -0.15) is 0 Å². The molecule has 0 aromatic heterocycles. The van der Waals surface area contributed by atoms with E-state index in [4.69, 9.17) is 0 Å². The fourth-order valence-corrected chi connectivity index (χ4v) is 1.09. The minimum atomic E-state index is 0.198. The van der Waals surface area contributed by atoms with E-state index < -0.39 is 0 Å². The molecule has 0 bridgehead atoms. The summed E-state index contributed by atoms with van der Waals surface area (Å²) in [5, 5.41) is 0. The topological polar surface area (TPSA) is 24.7 Å². The van der Waals surface area contributed by atoms with Gasteiger partial charge in [-0.3, -0.25) is 9.98 Å². The van der Waals surface area contributed by atoms with Gasteiger partial charge in [0.1, 0.15) is 0 Å². The van der Waals surface area contributed by atoms with Gasteiger partial charge in [0, 0.05) is 12.3 Å². The highest BCUT2D eigenvalue weighted by atomic mass is 14.8. The lowest BCUT2D eigenvalue weighted by molar-refractivity contribution is 0.736.